The summed E-state index contributed by atoms with van der Waals surface area (Å²) in [6, 6.07) is 2.30. The van der Waals surface area contributed by atoms with E-state index >= 15 is 0 Å². The molecule has 0 amide bonds. The maximum Gasteiger partial charge on any atom is 0.573 e. The van der Waals surface area contributed by atoms with Crippen LogP contribution in [0.4, 0.5) is 18.9 Å². The van der Waals surface area contributed by atoms with Crippen LogP contribution in [-0.4, -0.2) is 17.4 Å². The molecule has 0 saturated carbocycles. The Labute approximate surface area is 108 Å². The van der Waals surface area contributed by atoms with Gasteiger partial charge >= 0.3 is 12.3 Å². The van der Waals surface area contributed by atoms with Crippen molar-refractivity contribution < 1.29 is 27.8 Å². The summed E-state index contributed by atoms with van der Waals surface area (Å²) in [6.07, 6.45) is -3.22. The van der Waals surface area contributed by atoms with Crippen LogP contribution >= 0.6 is 15.9 Å². The van der Waals surface area contributed by atoms with Gasteiger partial charge in [-0.25, -0.2) is 4.79 Å². The maximum atomic E-state index is 12.2. The molecule has 0 aliphatic heterocycles. The number of halogens is 4. The summed E-state index contributed by atoms with van der Waals surface area (Å²) in [4.78, 5) is 10.4. The summed E-state index contributed by atoms with van der Waals surface area (Å²) >= 11 is 2.98. The summed E-state index contributed by atoms with van der Waals surface area (Å²) < 4.78 is 40.5. The highest BCUT2D eigenvalue weighted by atomic mass is 79.9. The van der Waals surface area contributed by atoms with Gasteiger partial charge in [0.05, 0.1) is 0 Å². The topological polar surface area (TPSA) is 72.6 Å². The van der Waals surface area contributed by atoms with Gasteiger partial charge in [0, 0.05) is 27.9 Å². The third-order valence-corrected chi connectivity index (χ3v) is 2.39. The number of nitrogen functional groups attached to an aromatic ring is 1. The second kappa shape index (κ2) is 5.30. The number of carbonyl (C=O) groups is 1. The predicted octanol–water partition coefficient (Wildman–Crippen LogP) is 3.03. The fourth-order valence-corrected chi connectivity index (χ4v) is 1.73. The molecule has 18 heavy (non-hydrogen) atoms. The lowest BCUT2D eigenvalue weighted by Gasteiger charge is -2.13. The van der Waals surface area contributed by atoms with Gasteiger partial charge in [-0.3, -0.25) is 0 Å². The maximum absolute atomic E-state index is 12.2. The van der Waals surface area contributed by atoms with Crippen molar-refractivity contribution in [3.8, 4) is 5.75 Å². The molecule has 4 nitrogen and oxygen atoms in total. The summed E-state index contributed by atoms with van der Waals surface area (Å²) in [5, 5.41) is 8.45. The molecule has 3 N–H and O–H groups in total. The summed E-state index contributed by atoms with van der Waals surface area (Å²) in [5.41, 5.74) is 5.37. The Kier molecular flexibility index (Phi) is 4.23. The lowest BCUT2D eigenvalue weighted by Crippen LogP contribution is -2.18. The van der Waals surface area contributed by atoms with Crippen LogP contribution in [0.2, 0.25) is 0 Å². The van der Waals surface area contributed by atoms with Crippen LogP contribution in [-0.2, 0) is 4.79 Å². The van der Waals surface area contributed by atoms with E-state index < -0.39 is 18.1 Å². The van der Waals surface area contributed by atoms with Gasteiger partial charge in [-0.15, -0.1) is 13.2 Å². The lowest BCUT2D eigenvalue weighted by molar-refractivity contribution is -0.274. The van der Waals surface area contributed by atoms with Gasteiger partial charge in [0.15, 0.2) is 0 Å². The van der Waals surface area contributed by atoms with Gasteiger partial charge in [0.25, 0.3) is 0 Å². The summed E-state index contributed by atoms with van der Waals surface area (Å²) in [5.74, 6) is -1.87. The first-order valence-electron chi connectivity index (χ1n) is 4.45. The van der Waals surface area contributed by atoms with E-state index in [2.05, 4.69) is 20.7 Å². The number of ether oxygens (including phenoxy) is 1. The molecule has 0 aliphatic rings. The van der Waals surface area contributed by atoms with E-state index in [-0.39, 0.29) is 15.7 Å². The van der Waals surface area contributed by atoms with Crippen LogP contribution in [0.5, 0.6) is 5.75 Å². The average Bonchev–Trinajstić information content (AvgIpc) is 2.12. The van der Waals surface area contributed by atoms with Crippen LogP contribution in [0.3, 0.4) is 0 Å². The van der Waals surface area contributed by atoms with E-state index in [9.17, 15) is 18.0 Å². The predicted molar refractivity (Wildman–Crippen MR) is 61.9 cm³/mol. The number of carboxylic acid groups (broad SMARTS) is 1. The smallest absolute Gasteiger partial charge is 0.478 e. The van der Waals surface area contributed by atoms with Crippen molar-refractivity contribution in [3.63, 3.8) is 0 Å². The molecule has 1 aromatic rings. The minimum atomic E-state index is -4.89. The van der Waals surface area contributed by atoms with Crippen LogP contribution in [0, 0.1) is 0 Å². The Hall–Kier alpha value is -1.70. The largest absolute Gasteiger partial charge is 0.573 e. The van der Waals surface area contributed by atoms with E-state index in [0.29, 0.717) is 6.08 Å². The molecule has 1 rings (SSSR count). The number of hydrogen-bond donors (Lipinski definition) is 2. The number of carboxylic acids is 1. The third-order valence-electron chi connectivity index (χ3n) is 1.73. The van der Waals surface area contributed by atoms with Gasteiger partial charge < -0.3 is 15.6 Å². The molecule has 0 heterocycles. The van der Waals surface area contributed by atoms with Crippen molar-refractivity contribution in [3.05, 3.63) is 28.2 Å². The van der Waals surface area contributed by atoms with Crippen LogP contribution in [0.1, 0.15) is 5.56 Å². The summed E-state index contributed by atoms with van der Waals surface area (Å²) in [6.45, 7) is 0. The monoisotopic (exact) mass is 325 g/mol. The number of rotatable bonds is 3. The van der Waals surface area contributed by atoms with E-state index in [1.165, 1.54) is 6.07 Å². The van der Waals surface area contributed by atoms with Crippen LogP contribution < -0.4 is 10.5 Å². The molecule has 98 valence electrons. The molecule has 0 radical (unpaired) electrons. The Morgan fingerprint density at radius 1 is 1.44 bits per heavy atom. The first kappa shape index (κ1) is 14.4. The quantitative estimate of drug-likeness (QED) is 0.661. The van der Waals surface area contributed by atoms with Crippen LogP contribution in [0.25, 0.3) is 6.08 Å². The fourth-order valence-electron chi connectivity index (χ4n) is 1.14. The number of benzene rings is 1. The number of hydrogen-bond acceptors (Lipinski definition) is 3. The standard InChI is InChI=1S/C10H7BrF3NO3/c11-7-3-5(15)4-8(18-10(12,13)14)6(7)1-2-9(16)17/h1-4H,15H2,(H,16,17)/b2-1+. The van der Waals surface area contributed by atoms with Gasteiger partial charge in [-0.2, -0.15) is 0 Å². The molecule has 0 unspecified atom stereocenters. The first-order valence-corrected chi connectivity index (χ1v) is 5.24. The fraction of sp³-hybridized carbons (Fsp3) is 0.100. The van der Waals surface area contributed by atoms with Crippen molar-refractivity contribution >= 4 is 33.7 Å². The van der Waals surface area contributed by atoms with E-state index in [4.69, 9.17) is 10.8 Å². The molecular weight excluding hydrogens is 319 g/mol. The number of alkyl halides is 3. The second-order valence-corrected chi connectivity index (χ2v) is 3.99. The van der Waals surface area contributed by atoms with Crippen molar-refractivity contribution in [2.24, 2.45) is 0 Å². The summed E-state index contributed by atoms with van der Waals surface area (Å²) in [7, 11) is 0. The van der Waals surface area contributed by atoms with Gasteiger partial charge in [-0.05, 0) is 28.1 Å². The molecule has 1 aromatic carbocycles. The van der Waals surface area contributed by atoms with Crippen molar-refractivity contribution in [2.45, 2.75) is 6.36 Å². The zero-order chi connectivity index (χ0) is 13.9. The molecule has 0 saturated heterocycles. The van der Waals surface area contributed by atoms with E-state index in [1.54, 1.807) is 0 Å². The highest BCUT2D eigenvalue weighted by Crippen LogP contribution is 2.34. The van der Waals surface area contributed by atoms with Crippen molar-refractivity contribution in [2.75, 3.05) is 5.73 Å². The SMILES string of the molecule is Nc1cc(Br)c(/C=C/C(=O)O)c(OC(F)(F)F)c1. The molecule has 0 atom stereocenters. The van der Waals surface area contributed by atoms with Crippen molar-refractivity contribution in [1.29, 1.82) is 0 Å². The molecule has 0 spiro atoms. The molecule has 0 aromatic heterocycles. The Morgan fingerprint density at radius 3 is 2.56 bits per heavy atom. The first-order chi connectivity index (χ1) is 8.19. The Bertz CT molecular complexity index is 500. The van der Waals surface area contributed by atoms with Crippen molar-refractivity contribution in [1.82, 2.24) is 0 Å². The van der Waals surface area contributed by atoms with E-state index in [0.717, 1.165) is 12.1 Å². The Balaban J connectivity index is 3.25. The minimum Gasteiger partial charge on any atom is -0.478 e. The second-order valence-electron chi connectivity index (χ2n) is 3.13. The third kappa shape index (κ3) is 4.28. The zero-order valence-corrected chi connectivity index (χ0v) is 10.2. The van der Waals surface area contributed by atoms with Crippen LogP contribution in [0.15, 0.2) is 22.7 Å². The Morgan fingerprint density at radius 2 is 2.06 bits per heavy atom. The molecule has 0 aliphatic carbocycles. The number of anilines is 1. The van der Waals surface area contributed by atoms with Gasteiger partial charge in [-0.1, -0.05) is 0 Å². The molecule has 0 bridgehead atoms. The number of aliphatic carboxylic acids is 1. The lowest BCUT2D eigenvalue weighted by atomic mass is 10.1. The molecule has 8 heteroatoms. The van der Waals surface area contributed by atoms with Gasteiger partial charge in [0.1, 0.15) is 5.75 Å². The highest BCUT2D eigenvalue weighted by molar-refractivity contribution is 9.10. The zero-order valence-electron chi connectivity index (χ0n) is 8.66. The average molecular weight is 326 g/mol. The normalized spacial score (nSPS) is 11.8. The molecular formula is C10H7BrF3NO3. The number of nitrogens with two attached hydrogens (primary N) is 1. The van der Waals surface area contributed by atoms with Gasteiger partial charge in [0.2, 0.25) is 0 Å². The highest BCUT2D eigenvalue weighted by Gasteiger charge is 2.32. The van der Waals surface area contributed by atoms with E-state index in [1.807, 2.05) is 0 Å². The minimum absolute atomic E-state index is 0.0496. The molecule has 0 fully saturated rings.